The van der Waals surface area contributed by atoms with Crippen LogP contribution in [0.1, 0.15) is 40.0 Å². The molecule has 0 amide bonds. The summed E-state index contributed by atoms with van der Waals surface area (Å²) in [5, 5.41) is 0. The Morgan fingerprint density at radius 1 is 1.35 bits per heavy atom. The van der Waals surface area contributed by atoms with Crippen molar-refractivity contribution in [3.63, 3.8) is 0 Å². The lowest BCUT2D eigenvalue weighted by Gasteiger charge is -2.37. The molecule has 0 aromatic heterocycles. The van der Waals surface area contributed by atoms with E-state index in [2.05, 4.69) is 20.8 Å². The van der Waals surface area contributed by atoms with Crippen LogP contribution in [0.3, 0.4) is 0 Å². The van der Waals surface area contributed by atoms with Crippen LogP contribution >= 0.6 is 0 Å². The Bertz CT molecular complexity index is 367. The van der Waals surface area contributed by atoms with E-state index in [1.54, 1.807) is 0 Å². The summed E-state index contributed by atoms with van der Waals surface area (Å²) in [5.41, 5.74) is 0. The van der Waals surface area contributed by atoms with Gasteiger partial charge in [0.2, 0.25) is 0 Å². The maximum absolute atomic E-state index is 12.1. The molecule has 1 aliphatic carbocycles. The van der Waals surface area contributed by atoms with Crippen LogP contribution in [0.25, 0.3) is 0 Å². The molecule has 1 saturated carbocycles. The number of carbonyl (C=O) groups is 1. The Morgan fingerprint density at radius 2 is 2.10 bits per heavy atom. The normalized spacial score (nSPS) is 30.1. The molecular weight excluding hydrogens is 252 g/mol. The van der Waals surface area contributed by atoms with Crippen LogP contribution in [0.4, 0.5) is 0 Å². The zero-order valence-electron chi connectivity index (χ0n) is 13.2. The van der Waals surface area contributed by atoms with E-state index in [1.165, 1.54) is 12.8 Å². The summed E-state index contributed by atoms with van der Waals surface area (Å²) in [6.07, 6.45) is 7.50. The average molecular weight is 280 g/mol. The fourth-order valence-corrected chi connectivity index (χ4v) is 3.31. The Morgan fingerprint density at radius 3 is 2.70 bits per heavy atom. The second-order valence-electron chi connectivity index (χ2n) is 6.80. The number of hydrogen-bond donors (Lipinski definition) is 0. The van der Waals surface area contributed by atoms with Gasteiger partial charge in [0.05, 0.1) is 6.67 Å². The van der Waals surface area contributed by atoms with Crippen molar-refractivity contribution < 1.29 is 9.53 Å². The summed E-state index contributed by atoms with van der Waals surface area (Å²) in [6.45, 7) is 7.86. The van der Waals surface area contributed by atoms with Crippen molar-refractivity contribution in [3.8, 4) is 0 Å². The van der Waals surface area contributed by atoms with Crippen molar-refractivity contribution in [2.24, 2.45) is 17.8 Å². The molecule has 1 heterocycles. The molecule has 0 aromatic rings. The van der Waals surface area contributed by atoms with Gasteiger partial charge in [0, 0.05) is 19.4 Å². The van der Waals surface area contributed by atoms with Crippen LogP contribution < -0.4 is 0 Å². The molecule has 2 aliphatic rings. The molecule has 0 aromatic carbocycles. The summed E-state index contributed by atoms with van der Waals surface area (Å²) in [7, 11) is 2.00. The van der Waals surface area contributed by atoms with Gasteiger partial charge in [0.15, 0.2) is 0 Å². The maximum atomic E-state index is 12.1. The largest absolute Gasteiger partial charge is 0.461 e. The lowest BCUT2D eigenvalue weighted by molar-refractivity contribution is -0.156. The molecule has 3 atom stereocenters. The first-order valence-electron chi connectivity index (χ1n) is 7.77. The van der Waals surface area contributed by atoms with Gasteiger partial charge in [-0.05, 0) is 30.6 Å². The van der Waals surface area contributed by atoms with Crippen LogP contribution in [-0.4, -0.2) is 42.1 Å². The molecule has 20 heavy (non-hydrogen) atoms. The van der Waals surface area contributed by atoms with Crippen LogP contribution in [-0.2, 0) is 9.53 Å². The topological polar surface area (TPSA) is 32.8 Å². The van der Waals surface area contributed by atoms with E-state index in [0.717, 1.165) is 13.1 Å². The highest BCUT2D eigenvalue weighted by Gasteiger charge is 2.33. The van der Waals surface area contributed by atoms with E-state index >= 15 is 0 Å². The minimum atomic E-state index is -0.0882. The molecule has 0 N–H and O–H groups in total. The van der Waals surface area contributed by atoms with E-state index in [4.69, 9.17) is 4.74 Å². The third kappa shape index (κ3) is 3.90. The Hall–Kier alpha value is -1.19. The second kappa shape index (κ2) is 6.51. The number of esters is 1. The number of rotatable bonds is 4. The molecule has 0 bridgehead atoms. The van der Waals surface area contributed by atoms with Crippen molar-refractivity contribution in [2.75, 3.05) is 20.3 Å². The molecule has 0 spiro atoms. The summed E-state index contributed by atoms with van der Waals surface area (Å²) in [5.74, 6) is 1.68. The quantitative estimate of drug-likeness (QED) is 0.741. The SMILES string of the molecule is CC(C)[C@@H]1CC[C@@H](C)C[C@H]1OC(=O)CN1C=CN(C)C1. The van der Waals surface area contributed by atoms with Gasteiger partial charge in [0.25, 0.3) is 0 Å². The molecule has 0 radical (unpaired) electrons. The van der Waals surface area contributed by atoms with Crippen LogP contribution in [0, 0.1) is 17.8 Å². The van der Waals surface area contributed by atoms with Gasteiger partial charge < -0.3 is 14.5 Å². The first-order chi connectivity index (χ1) is 9.45. The van der Waals surface area contributed by atoms with Crippen molar-refractivity contribution in [1.82, 2.24) is 9.80 Å². The molecular formula is C16H28N2O2. The van der Waals surface area contributed by atoms with E-state index in [0.29, 0.717) is 24.3 Å². The van der Waals surface area contributed by atoms with Crippen LogP contribution in [0.2, 0.25) is 0 Å². The predicted molar refractivity (Wildman–Crippen MR) is 79.7 cm³/mol. The van der Waals surface area contributed by atoms with Gasteiger partial charge in [-0.25, -0.2) is 0 Å². The molecule has 0 saturated heterocycles. The van der Waals surface area contributed by atoms with Crippen molar-refractivity contribution in [2.45, 2.75) is 46.1 Å². The van der Waals surface area contributed by atoms with Crippen molar-refractivity contribution in [1.29, 1.82) is 0 Å². The van der Waals surface area contributed by atoms with Crippen LogP contribution in [0.15, 0.2) is 12.4 Å². The monoisotopic (exact) mass is 280 g/mol. The van der Waals surface area contributed by atoms with Gasteiger partial charge in [-0.15, -0.1) is 0 Å². The van der Waals surface area contributed by atoms with E-state index in [1.807, 2.05) is 29.2 Å². The molecule has 1 fully saturated rings. The first-order valence-corrected chi connectivity index (χ1v) is 7.77. The van der Waals surface area contributed by atoms with E-state index in [-0.39, 0.29) is 12.1 Å². The Balaban J connectivity index is 1.86. The molecule has 114 valence electrons. The Kier molecular flexibility index (Phi) is 4.95. The zero-order valence-corrected chi connectivity index (χ0v) is 13.2. The highest BCUT2D eigenvalue weighted by atomic mass is 16.5. The fraction of sp³-hybridized carbons (Fsp3) is 0.812. The smallest absolute Gasteiger partial charge is 0.325 e. The molecule has 2 rings (SSSR count). The lowest BCUT2D eigenvalue weighted by Crippen LogP contribution is -2.38. The fourth-order valence-electron chi connectivity index (χ4n) is 3.31. The third-order valence-corrected chi connectivity index (χ3v) is 4.51. The standard InChI is InChI=1S/C16H28N2O2/c1-12(2)14-6-5-13(3)9-15(14)20-16(19)10-18-8-7-17(4)11-18/h7-8,12-15H,5-6,9-11H2,1-4H3/t13-,14+,15-/m1/s1. The molecule has 4 nitrogen and oxygen atoms in total. The van der Waals surface area contributed by atoms with Gasteiger partial charge >= 0.3 is 5.97 Å². The summed E-state index contributed by atoms with van der Waals surface area (Å²) >= 11 is 0. The summed E-state index contributed by atoms with van der Waals surface area (Å²) < 4.78 is 5.80. The minimum absolute atomic E-state index is 0.0882. The lowest BCUT2D eigenvalue weighted by atomic mass is 9.75. The maximum Gasteiger partial charge on any atom is 0.325 e. The Labute approximate surface area is 122 Å². The number of nitrogens with zero attached hydrogens (tertiary/aromatic N) is 2. The van der Waals surface area contributed by atoms with Crippen molar-refractivity contribution >= 4 is 5.97 Å². The molecule has 1 aliphatic heterocycles. The highest BCUT2D eigenvalue weighted by Crippen LogP contribution is 2.35. The van der Waals surface area contributed by atoms with Crippen molar-refractivity contribution in [3.05, 3.63) is 12.4 Å². The van der Waals surface area contributed by atoms with E-state index in [9.17, 15) is 4.79 Å². The van der Waals surface area contributed by atoms with Gasteiger partial charge in [-0.2, -0.15) is 0 Å². The van der Waals surface area contributed by atoms with Gasteiger partial charge in [0.1, 0.15) is 12.6 Å². The molecule has 4 heteroatoms. The first kappa shape index (κ1) is 15.2. The number of ether oxygens (including phenoxy) is 1. The average Bonchev–Trinajstić information content (AvgIpc) is 2.74. The second-order valence-corrected chi connectivity index (χ2v) is 6.80. The number of hydrogen-bond acceptors (Lipinski definition) is 4. The third-order valence-electron chi connectivity index (χ3n) is 4.51. The highest BCUT2D eigenvalue weighted by molar-refractivity contribution is 5.72. The van der Waals surface area contributed by atoms with E-state index < -0.39 is 0 Å². The van der Waals surface area contributed by atoms with Gasteiger partial charge in [-0.3, -0.25) is 4.79 Å². The van der Waals surface area contributed by atoms with Crippen LogP contribution in [0.5, 0.6) is 0 Å². The summed E-state index contributed by atoms with van der Waals surface area (Å²) in [6, 6.07) is 0. The predicted octanol–water partition coefficient (Wildman–Crippen LogP) is 2.67. The minimum Gasteiger partial charge on any atom is -0.461 e. The number of carbonyl (C=O) groups excluding carboxylic acids is 1. The zero-order chi connectivity index (χ0) is 14.7. The molecule has 0 unspecified atom stereocenters. The van der Waals surface area contributed by atoms with Gasteiger partial charge in [-0.1, -0.05) is 27.2 Å². The summed E-state index contributed by atoms with van der Waals surface area (Å²) in [4.78, 5) is 16.2.